The maximum Gasteiger partial charge on any atom is 0.164 e. The van der Waals surface area contributed by atoms with Crippen LogP contribution in [-0.4, -0.2) is 24.1 Å². The second-order valence-corrected chi connectivity index (χ2v) is 16.0. The zero-order chi connectivity index (χ0) is 39.2. The SMILES string of the molecule is CC1(C)c2ccccc2-c2c(-c3nc(-c4ccccc4)nc(-c4ccccc4)n3)ccc(-n3c4ccccc4c4cc5c6ccccc6n(-c6ccccc6)c5cc43)c21. The van der Waals surface area contributed by atoms with Gasteiger partial charge in [0.25, 0.3) is 0 Å². The Morgan fingerprint density at radius 3 is 1.54 bits per heavy atom. The standard InChI is InChI=1S/C54H37N5/c1-54(2)43-27-15-12-26-39(43)49-40(53-56-51(34-18-6-3-7-19-34)55-52(57-53)35-20-8-4-9-21-35)30-31-46(50(49)54)59-45-29-17-14-25-38(45)42-32-41-37-24-13-16-28-44(37)58(47(41)33-48(42)59)36-22-10-5-11-23-36/h3-33H,1-2H3. The van der Waals surface area contributed by atoms with Gasteiger partial charge in [-0.15, -0.1) is 0 Å². The molecule has 59 heavy (non-hydrogen) atoms. The van der Waals surface area contributed by atoms with E-state index >= 15 is 0 Å². The molecule has 0 N–H and O–H groups in total. The Labute approximate surface area is 341 Å². The maximum atomic E-state index is 5.25. The summed E-state index contributed by atoms with van der Waals surface area (Å²) in [7, 11) is 0. The molecule has 8 aromatic carbocycles. The highest BCUT2D eigenvalue weighted by molar-refractivity contribution is 6.19. The number of para-hydroxylation sites is 3. The summed E-state index contributed by atoms with van der Waals surface area (Å²) in [6.07, 6.45) is 0. The molecule has 0 aliphatic heterocycles. The van der Waals surface area contributed by atoms with E-state index in [1.54, 1.807) is 0 Å². The second kappa shape index (κ2) is 12.7. The first-order chi connectivity index (χ1) is 29.0. The first-order valence-corrected chi connectivity index (χ1v) is 20.2. The van der Waals surface area contributed by atoms with Crippen LogP contribution in [0.4, 0.5) is 0 Å². The topological polar surface area (TPSA) is 48.5 Å². The van der Waals surface area contributed by atoms with Gasteiger partial charge in [-0.25, -0.2) is 15.0 Å². The minimum Gasteiger partial charge on any atom is -0.309 e. The average molecular weight is 756 g/mol. The van der Waals surface area contributed by atoms with E-state index < -0.39 is 0 Å². The Morgan fingerprint density at radius 1 is 0.390 bits per heavy atom. The lowest BCUT2D eigenvalue weighted by Gasteiger charge is -2.26. The second-order valence-electron chi connectivity index (χ2n) is 16.0. The molecule has 1 aliphatic rings. The molecule has 0 saturated heterocycles. The lowest BCUT2D eigenvalue weighted by atomic mass is 9.81. The molecule has 1 aliphatic carbocycles. The monoisotopic (exact) mass is 755 g/mol. The fourth-order valence-electron chi connectivity index (χ4n) is 9.73. The zero-order valence-electron chi connectivity index (χ0n) is 32.6. The molecule has 0 amide bonds. The van der Waals surface area contributed by atoms with Crippen molar-refractivity contribution in [2.24, 2.45) is 0 Å². The number of hydrogen-bond donors (Lipinski definition) is 0. The molecule has 0 spiro atoms. The summed E-state index contributed by atoms with van der Waals surface area (Å²) in [5.41, 5.74) is 14.5. The van der Waals surface area contributed by atoms with Crippen LogP contribution in [-0.2, 0) is 5.41 Å². The molecular weight excluding hydrogens is 719 g/mol. The summed E-state index contributed by atoms with van der Waals surface area (Å²) in [6, 6.07) is 67.0. The lowest BCUT2D eigenvalue weighted by Crippen LogP contribution is -2.18. The normalized spacial score (nSPS) is 13.1. The number of benzene rings is 8. The molecule has 0 radical (unpaired) electrons. The lowest BCUT2D eigenvalue weighted by molar-refractivity contribution is 0.656. The summed E-state index contributed by atoms with van der Waals surface area (Å²) in [4.78, 5) is 15.5. The van der Waals surface area contributed by atoms with Crippen molar-refractivity contribution in [2.45, 2.75) is 19.3 Å². The molecule has 5 nitrogen and oxygen atoms in total. The highest BCUT2D eigenvalue weighted by atomic mass is 15.0. The fraction of sp³-hybridized carbons (Fsp3) is 0.0556. The summed E-state index contributed by atoms with van der Waals surface area (Å²) >= 11 is 0. The number of hydrogen-bond acceptors (Lipinski definition) is 3. The molecule has 3 heterocycles. The zero-order valence-corrected chi connectivity index (χ0v) is 32.6. The van der Waals surface area contributed by atoms with Crippen molar-refractivity contribution in [2.75, 3.05) is 0 Å². The fourth-order valence-corrected chi connectivity index (χ4v) is 9.73. The van der Waals surface area contributed by atoms with Crippen molar-refractivity contribution < 1.29 is 0 Å². The molecule has 12 rings (SSSR count). The van der Waals surface area contributed by atoms with Gasteiger partial charge in [-0.3, -0.25) is 0 Å². The third kappa shape index (κ3) is 4.95. The van der Waals surface area contributed by atoms with Gasteiger partial charge >= 0.3 is 0 Å². The van der Waals surface area contributed by atoms with E-state index in [1.807, 2.05) is 36.4 Å². The van der Waals surface area contributed by atoms with Crippen molar-refractivity contribution in [3.8, 4) is 56.7 Å². The predicted molar refractivity (Wildman–Crippen MR) is 242 cm³/mol. The Morgan fingerprint density at radius 2 is 0.898 bits per heavy atom. The minimum absolute atomic E-state index is 0.338. The van der Waals surface area contributed by atoms with Crippen molar-refractivity contribution in [1.29, 1.82) is 0 Å². The van der Waals surface area contributed by atoms with E-state index in [4.69, 9.17) is 15.0 Å². The molecule has 0 unspecified atom stereocenters. The van der Waals surface area contributed by atoms with Gasteiger partial charge in [0, 0.05) is 49.3 Å². The molecule has 0 bridgehead atoms. The summed E-state index contributed by atoms with van der Waals surface area (Å²) in [5.74, 6) is 1.96. The molecular formula is C54H37N5. The van der Waals surface area contributed by atoms with Gasteiger partial charge in [0.05, 0.1) is 27.8 Å². The predicted octanol–water partition coefficient (Wildman–Crippen LogP) is 13.4. The van der Waals surface area contributed by atoms with Gasteiger partial charge in [0.2, 0.25) is 0 Å². The van der Waals surface area contributed by atoms with Gasteiger partial charge in [-0.2, -0.15) is 0 Å². The van der Waals surface area contributed by atoms with Crippen molar-refractivity contribution in [3.05, 3.63) is 199 Å². The Bertz CT molecular complexity index is 3390. The van der Waals surface area contributed by atoms with Crippen LogP contribution in [0.1, 0.15) is 25.0 Å². The molecule has 0 fully saturated rings. The smallest absolute Gasteiger partial charge is 0.164 e. The van der Waals surface area contributed by atoms with E-state index in [-0.39, 0.29) is 5.41 Å². The van der Waals surface area contributed by atoms with Crippen molar-refractivity contribution >= 4 is 43.6 Å². The largest absolute Gasteiger partial charge is 0.309 e. The highest BCUT2D eigenvalue weighted by Gasteiger charge is 2.40. The maximum absolute atomic E-state index is 5.25. The van der Waals surface area contributed by atoms with Crippen LogP contribution < -0.4 is 0 Å². The molecule has 3 aromatic heterocycles. The molecule has 0 atom stereocenters. The Balaban J connectivity index is 1.18. The van der Waals surface area contributed by atoms with Crippen molar-refractivity contribution in [1.82, 2.24) is 24.1 Å². The number of fused-ring (bicyclic) bond motifs is 9. The van der Waals surface area contributed by atoms with Crippen LogP contribution >= 0.6 is 0 Å². The van der Waals surface area contributed by atoms with Crippen LogP contribution in [0.15, 0.2) is 188 Å². The van der Waals surface area contributed by atoms with E-state index in [0.717, 1.165) is 33.6 Å². The Kier molecular flexibility index (Phi) is 7.20. The van der Waals surface area contributed by atoms with Crippen molar-refractivity contribution in [3.63, 3.8) is 0 Å². The van der Waals surface area contributed by atoms with E-state index in [1.165, 1.54) is 60.3 Å². The van der Waals surface area contributed by atoms with Gasteiger partial charge in [-0.1, -0.05) is 153 Å². The van der Waals surface area contributed by atoms with Crippen LogP contribution in [0, 0.1) is 0 Å². The van der Waals surface area contributed by atoms with E-state index in [0.29, 0.717) is 17.5 Å². The van der Waals surface area contributed by atoms with Crippen LogP contribution in [0.3, 0.4) is 0 Å². The van der Waals surface area contributed by atoms with Gasteiger partial charge in [0.1, 0.15) is 0 Å². The number of nitrogens with zero attached hydrogens (tertiary/aromatic N) is 5. The highest BCUT2D eigenvalue weighted by Crippen LogP contribution is 2.55. The number of aromatic nitrogens is 5. The minimum atomic E-state index is -0.338. The van der Waals surface area contributed by atoms with Crippen LogP contribution in [0.2, 0.25) is 0 Å². The van der Waals surface area contributed by atoms with Crippen LogP contribution in [0.5, 0.6) is 0 Å². The molecule has 11 aromatic rings. The molecule has 5 heteroatoms. The van der Waals surface area contributed by atoms with E-state index in [9.17, 15) is 0 Å². The van der Waals surface area contributed by atoms with Crippen LogP contribution in [0.25, 0.3) is 100 Å². The van der Waals surface area contributed by atoms with Gasteiger partial charge in [0.15, 0.2) is 17.5 Å². The van der Waals surface area contributed by atoms with Gasteiger partial charge < -0.3 is 9.13 Å². The Hall–Kier alpha value is -7.63. The summed E-state index contributed by atoms with van der Waals surface area (Å²) in [5, 5.41) is 4.94. The quantitative estimate of drug-likeness (QED) is 0.176. The van der Waals surface area contributed by atoms with Gasteiger partial charge in [-0.05, 0) is 70.8 Å². The molecule has 278 valence electrons. The van der Waals surface area contributed by atoms with E-state index in [2.05, 4.69) is 175 Å². The third-order valence-corrected chi connectivity index (χ3v) is 12.3. The number of rotatable bonds is 5. The summed E-state index contributed by atoms with van der Waals surface area (Å²) < 4.78 is 4.92. The summed E-state index contributed by atoms with van der Waals surface area (Å²) in [6.45, 7) is 4.73. The molecule has 0 saturated carbocycles. The average Bonchev–Trinajstić information content (AvgIpc) is 3.89. The first-order valence-electron chi connectivity index (χ1n) is 20.2. The first kappa shape index (κ1) is 33.5. The third-order valence-electron chi connectivity index (χ3n) is 12.3.